The van der Waals surface area contributed by atoms with Gasteiger partial charge in [-0.25, -0.2) is 4.90 Å². The normalized spacial score (nSPS) is 18.4. The standard InChI is InChI=1S/C14H16N2O4/c1-2-20-13(18)9-15-11-8-12(17)16(14(11)19)10-6-4-3-5-7-10/h3-7,11,15H,2,8-9H2,1H3/t11-/m0/s1. The second-order valence-electron chi connectivity index (χ2n) is 4.35. The van der Waals surface area contributed by atoms with Gasteiger partial charge in [-0.15, -0.1) is 0 Å². The van der Waals surface area contributed by atoms with Crippen molar-refractivity contribution < 1.29 is 19.1 Å². The van der Waals surface area contributed by atoms with Gasteiger partial charge < -0.3 is 4.74 Å². The molecule has 1 fully saturated rings. The van der Waals surface area contributed by atoms with Gasteiger partial charge in [-0.1, -0.05) is 18.2 Å². The van der Waals surface area contributed by atoms with E-state index >= 15 is 0 Å². The molecule has 1 atom stereocenters. The fraction of sp³-hybridized carbons (Fsp3) is 0.357. The molecule has 6 nitrogen and oxygen atoms in total. The number of carbonyl (C=O) groups excluding carboxylic acids is 3. The number of carbonyl (C=O) groups is 3. The number of anilines is 1. The maximum Gasteiger partial charge on any atom is 0.319 e. The average Bonchev–Trinajstić information content (AvgIpc) is 2.72. The Morgan fingerprint density at radius 2 is 2.05 bits per heavy atom. The van der Waals surface area contributed by atoms with Crippen LogP contribution in [0.1, 0.15) is 13.3 Å². The summed E-state index contributed by atoms with van der Waals surface area (Å²) in [7, 11) is 0. The Hall–Kier alpha value is -2.21. The third-order valence-corrected chi connectivity index (χ3v) is 2.96. The largest absolute Gasteiger partial charge is 0.465 e. The molecule has 1 aromatic carbocycles. The summed E-state index contributed by atoms with van der Waals surface area (Å²) in [6.07, 6.45) is 0.0487. The van der Waals surface area contributed by atoms with Crippen molar-refractivity contribution in [2.75, 3.05) is 18.1 Å². The van der Waals surface area contributed by atoms with Crippen LogP contribution >= 0.6 is 0 Å². The number of hydrogen-bond acceptors (Lipinski definition) is 5. The van der Waals surface area contributed by atoms with Gasteiger partial charge in [0.05, 0.1) is 31.3 Å². The Bertz CT molecular complexity index is 515. The van der Waals surface area contributed by atoms with Gasteiger partial charge in [-0.2, -0.15) is 0 Å². The number of imide groups is 1. The van der Waals surface area contributed by atoms with E-state index in [1.165, 1.54) is 0 Å². The van der Waals surface area contributed by atoms with Crippen LogP contribution in [0.15, 0.2) is 30.3 Å². The number of rotatable bonds is 5. The number of ether oxygens (including phenoxy) is 1. The number of hydrogen-bond donors (Lipinski definition) is 1. The molecule has 0 aromatic heterocycles. The van der Waals surface area contributed by atoms with Crippen molar-refractivity contribution in [3.8, 4) is 0 Å². The fourth-order valence-electron chi connectivity index (χ4n) is 2.06. The molecule has 1 aromatic rings. The summed E-state index contributed by atoms with van der Waals surface area (Å²) in [5, 5.41) is 2.76. The molecule has 1 N–H and O–H groups in total. The highest BCUT2D eigenvalue weighted by molar-refractivity contribution is 6.22. The van der Waals surface area contributed by atoms with E-state index in [1.807, 2.05) is 6.07 Å². The molecule has 20 heavy (non-hydrogen) atoms. The van der Waals surface area contributed by atoms with Crippen LogP contribution in [0.2, 0.25) is 0 Å². The minimum Gasteiger partial charge on any atom is -0.465 e. The van der Waals surface area contributed by atoms with Crippen molar-refractivity contribution >= 4 is 23.5 Å². The molecule has 106 valence electrons. The Labute approximate surface area is 116 Å². The number of benzene rings is 1. The van der Waals surface area contributed by atoms with Gasteiger partial charge in [-0.05, 0) is 19.1 Å². The molecule has 0 aliphatic carbocycles. The second-order valence-corrected chi connectivity index (χ2v) is 4.35. The highest BCUT2D eigenvalue weighted by Gasteiger charge is 2.39. The molecule has 6 heteroatoms. The minimum atomic E-state index is -0.674. The minimum absolute atomic E-state index is 0.0487. The Morgan fingerprint density at radius 1 is 1.35 bits per heavy atom. The van der Waals surface area contributed by atoms with Crippen LogP contribution < -0.4 is 10.2 Å². The number of nitrogens with one attached hydrogen (secondary N) is 1. The van der Waals surface area contributed by atoms with E-state index in [0.29, 0.717) is 5.69 Å². The van der Waals surface area contributed by atoms with Crippen molar-refractivity contribution in [2.45, 2.75) is 19.4 Å². The van der Waals surface area contributed by atoms with Crippen LogP contribution in [0.5, 0.6) is 0 Å². The topological polar surface area (TPSA) is 75.7 Å². The lowest BCUT2D eigenvalue weighted by Gasteiger charge is -2.15. The maximum atomic E-state index is 12.2. The molecule has 1 heterocycles. The van der Waals surface area contributed by atoms with Gasteiger partial charge in [0.15, 0.2) is 0 Å². The Kier molecular flexibility index (Phi) is 4.47. The monoisotopic (exact) mass is 276 g/mol. The SMILES string of the molecule is CCOC(=O)CN[C@H]1CC(=O)N(c2ccccc2)C1=O. The third kappa shape index (κ3) is 3.03. The van der Waals surface area contributed by atoms with Crippen molar-refractivity contribution in [3.63, 3.8) is 0 Å². The highest BCUT2D eigenvalue weighted by atomic mass is 16.5. The second kappa shape index (κ2) is 6.29. The molecule has 2 rings (SSSR count). The van der Waals surface area contributed by atoms with Crippen LogP contribution in [0.4, 0.5) is 5.69 Å². The van der Waals surface area contributed by atoms with Gasteiger partial charge in [0.25, 0.3) is 5.91 Å². The van der Waals surface area contributed by atoms with Crippen LogP contribution in [0.25, 0.3) is 0 Å². The number of nitrogens with zero attached hydrogens (tertiary/aromatic N) is 1. The fourth-order valence-corrected chi connectivity index (χ4v) is 2.06. The third-order valence-electron chi connectivity index (χ3n) is 2.96. The summed E-state index contributed by atoms with van der Waals surface area (Å²) in [6, 6.07) is 8.05. The number of para-hydroxylation sites is 1. The first-order valence-corrected chi connectivity index (χ1v) is 6.44. The summed E-state index contributed by atoms with van der Waals surface area (Å²) < 4.78 is 4.76. The molecular weight excluding hydrogens is 260 g/mol. The van der Waals surface area contributed by atoms with Crippen molar-refractivity contribution in [1.82, 2.24) is 5.32 Å². The molecule has 1 aliphatic heterocycles. The van der Waals surface area contributed by atoms with Crippen LogP contribution in [0.3, 0.4) is 0 Å². The van der Waals surface area contributed by atoms with Gasteiger partial charge in [0.1, 0.15) is 0 Å². The molecule has 0 bridgehead atoms. The van der Waals surface area contributed by atoms with Crippen LogP contribution in [-0.2, 0) is 19.1 Å². The zero-order chi connectivity index (χ0) is 14.5. The first kappa shape index (κ1) is 14.2. The lowest BCUT2D eigenvalue weighted by atomic mass is 10.2. The summed E-state index contributed by atoms with van der Waals surface area (Å²) >= 11 is 0. The molecule has 1 aliphatic rings. The zero-order valence-electron chi connectivity index (χ0n) is 11.2. The molecule has 2 amide bonds. The zero-order valence-corrected chi connectivity index (χ0v) is 11.2. The quantitative estimate of drug-likeness (QED) is 0.625. The highest BCUT2D eigenvalue weighted by Crippen LogP contribution is 2.22. The summed E-state index contributed by atoms with van der Waals surface area (Å²) in [5.41, 5.74) is 0.544. The van der Waals surface area contributed by atoms with Gasteiger partial charge in [-0.3, -0.25) is 19.7 Å². The average molecular weight is 276 g/mol. The Balaban J connectivity index is 2.00. The first-order valence-electron chi connectivity index (χ1n) is 6.44. The lowest BCUT2D eigenvalue weighted by Crippen LogP contribution is -2.41. The molecule has 0 saturated carbocycles. The molecule has 0 spiro atoms. The van der Waals surface area contributed by atoms with E-state index in [1.54, 1.807) is 31.2 Å². The van der Waals surface area contributed by atoms with E-state index in [4.69, 9.17) is 4.74 Å². The smallest absolute Gasteiger partial charge is 0.319 e. The van der Waals surface area contributed by atoms with Crippen molar-refractivity contribution in [3.05, 3.63) is 30.3 Å². The predicted octanol–water partition coefficient (Wildman–Crippen LogP) is 0.471. The summed E-state index contributed by atoms with van der Waals surface area (Å²) in [4.78, 5) is 36.5. The van der Waals surface area contributed by atoms with E-state index in [9.17, 15) is 14.4 Å². The van der Waals surface area contributed by atoms with Gasteiger partial charge in [0, 0.05) is 0 Å². The maximum absolute atomic E-state index is 12.2. The van der Waals surface area contributed by atoms with E-state index in [0.717, 1.165) is 4.90 Å². The lowest BCUT2D eigenvalue weighted by molar-refractivity contribution is -0.142. The van der Waals surface area contributed by atoms with E-state index < -0.39 is 12.0 Å². The molecule has 0 radical (unpaired) electrons. The number of amides is 2. The van der Waals surface area contributed by atoms with Crippen LogP contribution in [0, 0.1) is 0 Å². The van der Waals surface area contributed by atoms with Crippen LogP contribution in [-0.4, -0.2) is 37.0 Å². The van der Waals surface area contributed by atoms with Crippen molar-refractivity contribution in [1.29, 1.82) is 0 Å². The summed E-state index contributed by atoms with van der Waals surface area (Å²) in [5.74, 6) is -1.06. The van der Waals surface area contributed by atoms with E-state index in [2.05, 4.69) is 5.32 Å². The molecule has 1 saturated heterocycles. The molecular formula is C14H16N2O4. The summed E-state index contributed by atoms with van der Waals surface area (Å²) in [6.45, 7) is 1.91. The van der Waals surface area contributed by atoms with E-state index in [-0.39, 0.29) is 31.4 Å². The molecule has 0 unspecified atom stereocenters. The number of esters is 1. The van der Waals surface area contributed by atoms with Gasteiger partial charge in [0.2, 0.25) is 5.91 Å². The van der Waals surface area contributed by atoms with Crippen molar-refractivity contribution in [2.24, 2.45) is 0 Å². The van der Waals surface area contributed by atoms with Gasteiger partial charge >= 0.3 is 5.97 Å². The first-order chi connectivity index (χ1) is 9.63. The predicted molar refractivity (Wildman–Crippen MR) is 72.0 cm³/mol. The Morgan fingerprint density at radius 3 is 2.70 bits per heavy atom.